The first-order chi connectivity index (χ1) is 5.84. The molecule has 2 fully saturated rings. The van der Waals surface area contributed by atoms with E-state index < -0.39 is 0 Å². The van der Waals surface area contributed by atoms with Gasteiger partial charge in [0, 0.05) is 12.3 Å². The largest absolute Gasteiger partial charge is 0.299 e. The molecule has 2 atom stereocenters. The van der Waals surface area contributed by atoms with Gasteiger partial charge in [0.15, 0.2) is 0 Å². The molecule has 0 heterocycles. The van der Waals surface area contributed by atoms with Gasteiger partial charge in [-0.1, -0.05) is 19.8 Å². The monoisotopic (exact) mass is 166 g/mol. The maximum Gasteiger partial charge on any atom is 0.136 e. The second-order valence-electron chi connectivity index (χ2n) is 4.35. The first kappa shape index (κ1) is 8.28. The minimum atomic E-state index is 0.507. The second-order valence-corrected chi connectivity index (χ2v) is 4.35. The molecule has 2 saturated carbocycles. The highest BCUT2D eigenvalue weighted by molar-refractivity contribution is 5.84. The van der Waals surface area contributed by atoms with E-state index in [2.05, 4.69) is 6.92 Å². The highest BCUT2D eigenvalue weighted by atomic mass is 16.1. The maximum atomic E-state index is 11.6. The van der Waals surface area contributed by atoms with Crippen LogP contribution in [-0.2, 0) is 4.79 Å². The van der Waals surface area contributed by atoms with Gasteiger partial charge in [-0.2, -0.15) is 0 Å². The second kappa shape index (κ2) is 3.20. The minimum absolute atomic E-state index is 0.507. The topological polar surface area (TPSA) is 17.1 Å². The molecular formula is C11H18O. The molecular weight excluding hydrogens is 148 g/mol. The summed E-state index contributed by atoms with van der Waals surface area (Å²) in [5.41, 5.74) is 0. The van der Waals surface area contributed by atoms with E-state index in [1.807, 2.05) is 0 Å². The molecule has 0 bridgehead atoms. The summed E-state index contributed by atoms with van der Waals surface area (Å²) in [6, 6.07) is 0. The average Bonchev–Trinajstić information content (AvgIpc) is 2.78. The van der Waals surface area contributed by atoms with Gasteiger partial charge in [0.2, 0.25) is 0 Å². The Balaban J connectivity index is 1.87. The molecule has 12 heavy (non-hydrogen) atoms. The number of Topliss-reactive ketones (excluding diaryl/α,β-unsaturated/α-hetero) is 1. The normalized spacial score (nSPS) is 38.9. The molecule has 0 aromatic rings. The summed E-state index contributed by atoms with van der Waals surface area (Å²) < 4.78 is 0. The Morgan fingerprint density at radius 1 is 1.25 bits per heavy atom. The van der Waals surface area contributed by atoms with Gasteiger partial charge in [-0.15, -0.1) is 0 Å². The van der Waals surface area contributed by atoms with E-state index in [0.29, 0.717) is 11.7 Å². The van der Waals surface area contributed by atoms with Crippen molar-refractivity contribution in [3.63, 3.8) is 0 Å². The number of ketones is 1. The Bertz CT molecular complexity index is 173. The van der Waals surface area contributed by atoms with Gasteiger partial charge < -0.3 is 0 Å². The number of fused-ring (bicyclic) bond motifs is 1. The standard InChI is InChI=1S/C11H18O/c1-2-5-10(12)11-8-6-3-4-7-9(8)11/h8-9,11H,2-7H2,1H3. The number of rotatable bonds is 3. The van der Waals surface area contributed by atoms with Crippen molar-refractivity contribution in [2.45, 2.75) is 45.4 Å². The Kier molecular flexibility index (Phi) is 2.20. The third-order valence-corrected chi connectivity index (χ3v) is 3.52. The molecule has 0 N–H and O–H groups in total. The molecule has 1 nitrogen and oxygen atoms in total. The summed E-state index contributed by atoms with van der Waals surface area (Å²) in [6.45, 7) is 2.10. The first-order valence-electron chi connectivity index (χ1n) is 5.37. The van der Waals surface area contributed by atoms with Gasteiger partial charge in [-0.25, -0.2) is 0 Å². The first-order valence-corrected chi connectivity index (χ1v) is 5.37. The van der Waals surface area contributed by atoms with Crippen LogP contribution >= 0.6 is 0 Å². The van der Waals surface area contributed by atoms with Crippen LogP contribution in [0.25, 0.3) is 0 Å². The van der Waals surface area contributed by atoms with Crippen LogP contribution in [0.2, 0.25) is 0 Å². The predicted molar refractivity (Wildman–Crippen MR) is 48.9 cm³/mol. The Morgan fingerprint density at radius 3 is 2.33 bits per heavy atom. The van der Waals surface area contributed by atoms with Crippen molar-refractivity contribution < 1.29 is 4.79 Å². The van der Waals surface area contributed by atoms with Crippen molar-refractivity contribution in [2.24, 2.45) is 17.8 Å². The lowest BCUT2D eigenvalue weighted by Gasteiger charge is -2.04. The third-order valence-electron chi connectivity index (χ3n) is 3.52. The van der Waals surface area contributed by atoms with Crippen molar-refractivity contribution in [1.82, 2.24) is 0 Å². The molecule has 0 amide bonds. The van der Waals surface area contributed by atoms with Gasteiger partial charge in [0.05, 0.1) is 0 Å². The highest BCUT2D eigenvalue weighted by Gasteiger charge is 2.53. The van der Waals surface area contributed by atoms with Crippen molar-refractivity contribution in [3.8, 4) is 0 Å². The predicted octanol–water partition coefficient (Wildman–Crippen LogP) is 2.79. The molecule has 2 unspecified atom stereocenters. The molecule has 68 valence electrons. The van der Waals surface area contributed by atoms with Crippen molar-refractivity contribution in [2.75, 3.05) is 0 Å². The van der Waals surface area contributed by atoms with E-state index in [1.54, 1.807) is 0 Å². The number of hydrogen-bond donors (Lipinski definition) is 0. The van der Waals surface area contributed by atoms with E-state index in [9.17, 15) is 4.79 Å². The number of carbonyl (C=O) groups is 1. The Labute approximate surface area is 74.5 Å². The van der Waals surface area contributed by atoms with Crippen molar-refractivity contribution >= 4 is 5.78 Å². The van der Waals surface area contributed by atoms with Gasteiger partial charge in [-0.05, 0) is 31.1 Å². The summed E-state index contributed by atoms with van der Waals surface area (Å²) in [7, 11) is 0. The fourth-order valence-electron chi connectivity index (χ4n) is 2.88. The maximum absolute atomic E-state index is 11.6. The smallest absolute Gasteiger partial charge is 0.136 e. The van der Waals surface area contributed by atoms with E-state index >= 15 is 0 Å². The average molecular weight is 166 g/mol. The lowest BCUT2D eigenvalue weighted by molar-refractivity contribution is -0.120. The number of hydrogen-bond acceptors (Lipinski definition) is 1. The van der Waals surface area contributed by atoms with E-state index in [0.717, 1.165) is 24.7 Å². The van der Waals surface area contributed by atoms with Gasteiger partial charge in [-0.3, -0.25) is 4.79 Å². The highest BCUT2D eigenvalue weighted by Crippen LogP contribution is 2.56. The summed E-state index contributed by atoms with van der Waals surface area (Å²) in [5.74, 6) is 2.71. The lowest BCUT2D eigenvalue weighted by Crippen LogP contribution is -2.01. The summed E-state index contributed by atoms with van der Waals surface area (Å²) in [4.78, 5) is 11.6. The molecule has 2 aliphatic rings. The van der Waals surface area contributed by atoms with Crippen LogP contribution in [0.1, 0.15) is 45.4 Å². The lowest BCUT2D eigenvalue weighted by atomic mass is 10.0. The van der Waals surface area contributed by atoms with Crippen LogP contribution in [0, 0.1) is 17.8 Å². The fraction of sp³-hybridized carbons (Fsp3) is 0.909. The molecule has 0 aromatic heterocycles. The SMILES string of the molecule is CCCC(=O)C1C2CCCCC21. The Morgan fingerprint density at radius 2 is 1.83 bits per heavy atom. The zero-order valence-corrected chi connectivity index (χ0v) is 7.88. The van der Waals surface area contributed by atoms with Crippen LogP contribution in [-0.4, -0.2) is 5.78 Å². The molecule has 0 aliphatic heterocycles. The van der Waals surface area contributed by atoms with E-state index in [4.69, 9.17) is 0 Å². The summed E-state index contributed by atoms with van der Waals surface area (Å²) in [6.07, 6.45) is 7.29. The summed E-state index contributed by atoms with van der Waals surface area (Å²) >= 11 is 0. The van der Waals surface area contributed by atoms with Crippen LogP contribution in [0.3, 0.4) is 0 Å². The number of carbonyl (C=O) groups excluding carboxylic acids is 1. The molecule has 2 aliphatic carbocycles. The molecule has 1 heteroatoms. The molecule has 0 aromatic carbocycles. The zero-order chi connectivity index (χ0) is 8.55. The molecule has 2 rings (SSSR count). The van der Waals surface area contributed by atoms with Crippen molar-refractivity contribution in [1.29, 1.82) is 0 Å². The van der Waals surface area contributed by atoms with Crippen molar-refractivity contribution in [3.05, 3.63) is 0 Å². The quantitative estimate of drug-likeness (QED) is 0.630. The zero-order valence-electron chi connectivity index (χ0n) is 7.88. The fourth-order valence-corrected chi connectivity index (χ4v) is 2.88. The third kappa shape index (κ3) is 1.30. The van der Waals surface area contributed by atoms with Gasteiger partial charge >= 0.3 is 0 Å². The van der Waals surface area contributed by atoms with Crippen LogP contribution < -0.4 is 0 Å². The molecule has 0 radical (unpaired) electrons. The molecule has 0 spiro atoms. The van der Waals surface area contributed by atoms with E-state index in [1.165, 1.54) is 25.7 Å². The van der Waals surface area contributed by atoms with Crippen LogP contribution in [0.4, 0.5) is 0 Å². The van der Waals surface area contributed by atoms with Gasteiger partial charge in [0.25, 0.3) is 0 Å². The summed E-state index contributed by atoms with van der Waals surface area (Å²) in [5, 5.41) is 0. The minimum Gasteiger partial charge on any atom is -0.299 e. The van der Waals surface area contributed by atoms with Crippen LogP contribution in [0.5, 0.6) is 0 Å². The molecule has 0 saturated heterocycles. The van der Waals surface area contributed by atoms with Gasteiger partial charge in [0.1, 0.15) is 5.78 Å². The van der Waals surface area contributed by atoms with E-state index in [-0.39, 0.29) is 0 Å². The van der Waals surface area contributed by atoms with Crippen LogP contribution in [0.15, 0.2) is 0 Å². The Hall–Kier alpha value is -0.330.